The van der Waals surface area contributed by atoms with Gasteiger partial charge in [0.2, 0.25) is 0 Å². The molecule has 1 aliphatic carbocycles. The Morgan fingerprint density at radius 2 is 2.03 bits per heavy atom. The van der Waals surface area contributed by atoms with Gasteiger partial charge in [0.25, 0.3) is 0 Å². The van der Waals surface area contributed by atoms with E-state index >= 15 is 0 Å². The molecular formula is C21H24O8. The smallest absolute Gasteiger partial charge is 0.334 e. The predicted molar refractivity (Wildman–Crippen MR) is 101 cm³/mol. The number of hydrogen-bond donors (Lipinski definition) is 1. The Bertz CT molecular complexity index is 803. The molecule has 0 bridgehead atoms. The molecule has 0 aromatic rings. The number of fused-ring (bicyclic) bond motifs is 1. The van der Waals surface area contributed by atoms with Crippen LogP contribution in [0.5, 0.6) is 0 Å². The third-order valence-corrected chi connectivity index (χ3v) is 4.71. The molecule has 1 aliphatic heterocycles. The van der Waals surface area contributed by atoms with Crippen LogP contribution < -0.4 is 0 Å². The summed E-state index contributed by atoms with van der Waals surface area (Å²) in [6.07, 6.45) is 0.932. The van der Waals surface area contributed by atoms with Gasteiger partial charge in [0.15, 0.2) is 12.2 Å². The zero-order chi connectivity index (χ0) is 21.7. The highest BCUT2D eigenvalue weighted by atomic mass is 16.6. The van der Waals surface area contributed by atoms with Gasteiger partial charge in [0, 0.05) is 23.6 Å². The molecule has 1 N–H and O–H groups in total. The van der Waals surface area contributed by atoms with Gasteiger partial charge in [-0.05, 0) is 31.4 Å². The van der Waals surface area contributed by atoms with E-state index in [0.29, 0.717) is 24.7 Å². The molecule has 1 saturated heterocycles. The average molecular weight is 404 g/mol. The third-order valence-electron chi connectivity index (χ3n) is 4.71. The van der Waals surface area contributed by atoms with Crippen LogP contribution in [0.1, 0.15) is 26.7 Å². The second kappa shape index (κ2) is 9.47. The molecule has 1 heterocycles. The topological polar surface area (TPSA) is 116 Å². The van der Waals surface area contributed by atoms with E-state index in [-0.39, 0.29) is 23.3 Å². The molecule has 8 heteroatoms. The molecule has 29 heavy (non-hydrogen) atoms. The second-order valence-corrected chi connectivity index (χ2v) is 6.94. The highest BCUT2D eigenvalue weighted by Crippen LogP contribution is 2.37. The molecular weight excluding hydrogens is 380 g/mol. The quantitative estimate of drug-likeness (QED) is 0.240. The Hall–Kier alpha value is -3.00. The van der Waals surface area contributed by atoms with Crippen LogP contribution in [0.4, 0.5) is 0 Å². The SMILES string of the molecule is C=C(C)C(=O)O[C@H]1[C@@H]2C(=C)C(=O)O[C@@H]2/C=C(/CO)CC/C=C(/C=O)[C@H]1OC(C)=O. The van der Waals surface area contributed by atoms with Crippen LogP contribution >= 0.6 is 0 Å². The number of aldehydes is 1. The van der Waals surface area contributed by atoms with E-state index in [1.807, 2.05) is 0 Å². The van der Waals surface area contributed by atoms with Crippen molar-refractivity contribution in [1.82, 2.24) is 0 Å². The molecule has 2 aliphatic rings. The second-order valence-electron chi connectivity index (χ2n) is 6.94. The maximum atomic E-state index is 12.3. The van der Waals surface area contributed by atoms with Crippen LogP contribution in [0.15, 0.2) is 47.6 Å². The minimum Gasteiger partial charge on any atom is -0.454 e. The highest BCUT2D eigenvalue weighted by molar-refractivity contribution is 5.92. The van der Waals surface area contributed by atoms with Crippen molar-refractivity contribution < 1.29 is 38.5 Å². The average Bonchev–Trinajstić information content (AvgIpc) is 2.93. The summed E-state index contributed by atoms with van der Waals surface area (Å²) >= 11 is 0. The molecule has 0 radical (unpaired) electrons. The lowest BCUT2D eigenvalue weighted by molar-refractivity contribution is -0.166. The zero-order valence-electron chi connectivity index (χ0n) is 16.4. The Morgan fingerprint density at radius 1 is 1.34 bits per heavy atom. The molecule has 0 spiro atoms. The Morgan fingerprint density at radius 3 is 2.59 bits per heavy atom. The summed E-state index contributed by atoms with van der Waals surface area (Å²) in [7, 11) is 0. The molecule has 8 nitrogen and oxygen atoms in total. The summed E-state index contributed by atoms with van der Waals surface area (Å²) in [5.41, 5.74) is 0.745. The van der Waals surface area contributed by atoms with Crippen molar-refractivity contribution in [2.45, 2.75) is 45.0 Å². The van der Waals surface area contributed by atoms with Gasteiger partial charge in [-0.25, -0.2) is 9.59 Å². The van der Waals surface area contributed by atoms with Gasteiger partial charge >= 0.3 is 17.9 Å². The van der Waals surface area contributed by atoms with Crippen molar-refractivity contribution in [2.24, 2.45) is 5.92 Å². The summed E-state index contributed by atoms with van der Waals surface area (Å²) in [6, 6.07) is 0. The van der Waals surface area contributed by atoms with E-state index in [4.69, 9.17) is 14.2 Å². The van der Waals surface area contributed by atoms with Crippen molar-refractivity contribution in [3.63, 3.8) is 0 Å². The number of rotatable bonds is 5. The van der Waals surface area contributed by atoms with E-state index in [9.17, 15) is 24.3 Å². The molecule has 1 fully saturated rings. The molecule has 0 saturated carbocycles. The standard InChI is InChI=1S/C21H24O8/c1-11(2)20(25)29-19-17-12(3)21(26)28-16(17)8-14(9-22)6-5-7-15(10-23)18(19)27-13(4)24/h7-8,10,16-19,22H,1,3,5-6,9H2,2,4H3/b14-8+,15-7-/t16-,17-,18-,19+/m1/s1. The molecule has 0 unspecified atom stereocenters. The number of hydrogen-bond acceptors (Lipinski definition) is 8. The van der Waals surface area contributed by atoms with Gasteiger partial charge in [0.1, 0.15) is 12.4 Å². The lowest BCUT2D eigenvalue weighted by Gasteiger charge is -2.33. The maximum absolute atomic E-state index is 12.3. The van der Waals surface area contributed by atoms with Crippen molar-refractivity contribution in [2.75, 3.05) is 6.61 Å². The Balaban J connectivity index is 2.65. The van der Waals surface area contributed by atoms with Crippen molar-refractivity contribution in [3.8, 4) is 0 Å². The van der Waals surface area contributed by atoms with E-state index in [1.54, 1.807) is 12.2 Å². The lowest BCUT2D eigenvalue weighted by atomic mass is 9.83. The van der Waals surface area contributed by atoms with E-state index in [0.717, 1.165) is 6.92 Å². The summed E-state index contributed by atoms with van der Waals surface area (Å²) in [4.78, 5) is 48.0. The number of ether oxygens (including phenoxy) is 3. The number of carbonyl (C=O) groups excluding carboxylic acids is 4. The van der Waals surface area contributed by atoms with Gasteiger partial charge in [-0.15, -0.1) is 0 Å². The first-order valence-electron chi connectivity index (χ1n) is 9.08. The number of allylic oxidation sites excluding steroid dienone is 1. The molecule has 0 aromatic heterocycles. The zero-order valence-corrected chi connectivity index (χ0v) is 16.4. The van der Waals surface area contributed by atoms with E-state index < -0.39 is 42.1 Å². The van der Waals surface area contributed by atoms with E-state index in [1.165, 1.54) is 6.92 Å². The highest BCUT2D eigenvalue weighted by Gasteiger charge is 2.49. The van der Waals surface area contributed by atoms with Gasteiger partial charge < -0.3 is 19.3 Å². The third kappa shape index (κ3) is 5.08. The molecule has 4 atom stereocenters. The minimum absolute atomic E-state index is 0.00558. The number of aliphatic hydroxyl groups excluding tert-OH is 1. The fourth-order valence-corrected chi connectivity index (χ4v) is 3.28. The first kappa shape index (κ1) is 22.3. The summed E-state index contributed by atoms with van der Waals surface area (Å²) in [6.45, 7) is 9.59. The predicted octanol–water partition coefficient (Wildman–Crippen LogP) is 1.34. The van der Waals surface area contributed by atoms with Crippen LogP contribution in [-0.2, 0) is 33.4 Å². The number of carbonyl (C=O) groups is 4. The molecule has 2 rings (SSSR count). The summed E-state index contributed by atoms with van der Waals surface area (Å²) in [5, 5.41) is 9.61. The monoisotopic (exact) mass is 404 g/mol. The van der Waals surface area contributed by atoms with Crippen LogP contribution in [0.2, 0.25) is 0 Å². The van der Waals surface area contributed by atoms with Crippen molar-refractivity contribution in [1.29, 1.82) is 0 Å². The lowest BCUT2D eigenvalue weighted by Crippen LogP contribution is -2.45. The Kier molecular flexibility index (Phi) is 7.28. The normalized spacial score (nSPS) is 30.6. The van der Waals surface area contributed by atoms with Crippen molar-refractivity contribution >= 4 is 24.2 Å². The Labute approximate surface area is 168 Å². The van der Waals surface area contributed by atoms with Gasteiger partial charge in [-0.2, -0.15) is 0 Å². The molecule has 0 amide bonds. The summed E-state index contributed by atoms with van der Waals surface area (Å²) in [5.74, 6) is -3.12. The van der Waals surface area contributed by atoms with Crippen molar-refractivity contribution in [3.05, 3.63) is 47.6 Å². The number of esters is 3. The van der Waals surface area contributed by atoms with Gasteiger partial charge in [0.05, 0.1) is 12.5 Å². The maximum Gasteiger partial charge on any atom is 0.334 e. The minimum atomic E-state index is -1.27. The van der Waals surface area contributed by atoms with Crippen LogP contribution in [-0.4, -0.2) is 54.2 Å². The summed E-state index contributed by atoms with van der Waals surface area (Å²) < 4.78 is 16.2. The largest absolute Gasteiger partial charge is 0.454 e. The first-order valence-corrected chi connectivity index (χ1v) is 9.08. The first-order chi connectivity index (χ1) is 13.7. The van der Waals surface area contributed by atoms with Crippen LogP contribution in [0.25, 0.3) is 0 Å². The molecule has 0 aromatic carbocycles. The van der Waals surface area contributed by atoms with Crippen LogP contribution in [0.3, 0.4) is 0 Å². The van der Waals surface area contributed by atoms with E-state index in [2.05, 4.69) is 13.2 Å². The van der Waals surface area contributed by atoms with Crippen LogP contribution in [0, 0.1) is 5.92 Å². The fourth-order valence-electron chi connectivity index (χ4n) is 3.28. The fraction of sp³-hybridized carbons (Fsp3) is 0.429. The number of aliphatic hydroxyl groups is 1. The van der Waals surface area contributed by atoms with Gasteiger partial charge in [-0.3, -0.25) is 9.59 Å². The molecule has 156 valence electrons. The van der Waals surface area contributed by atoms with Gasteiger partial charge in [-0.1, -0.05) is 19.2 Å².